The zero-order valence-electron chi connectivity index (χ0n) is 8.11. The van der Waals surface area contributed by atoms with Crippen LogP contribution in [0.3, 0.4) is 0 Å². The Kier molecular flexibility index (Phi) is 2.87. The van der Waals surface area contributed by atoms with Crippen LogP contribution in [0.1, 0.15) is 11.3 Å². The fourth-order valence-corrected chi connectivity index (χ4v) is 1.22. The first-order valence-electron chi connectivity index (χ1n) is 4.39. The van der Waals surface area contributed by atoms with Gasteiger partial charge in [0.1, 0.15) is 23.8 Å². The van der Waals surface area contributed by atoms with E-state index in [0.29, 0.717) is 17.6 Å². The molecular formula is C10H9ClN2O2. The number of rotatable bonds is 3. The molecular weight excluding hydrogens is 216 g/mol. The van der Waals surface area contributed by atoms with Gasteiger partial charge in [-0.3, -0.25) is 0 Å². The second-order valence-corrected chi connectivity index (χ2v) is 3.32. The molecule has 0 aliphatic carbocycles. The van der Waals surface area contributed by atoms with E-state index in [2.05, 4.69) is 9.97 Å². The lowest BCUT2D eigenvalue weighted by Gasteiger charge is -2.06. The van der Waals surface area contributed by atoms with Gasteiger partial charge in [-0.05, 0) is 19.1 Å². The minimum atomic E-state index is 0.335. The van der Waals surface area contributed by atoms with E-state index in [1.54, 1.807) is 19.3 Å². The Balaban J connectivity index is 2.08. The number of ether oxygens (including phenoxy) is 1. The molecule has 0 N–H and O–H groups in total. The van der Waals surface area contributed by atoms with Gasteiger partial charge in [-0.15, -0.1) is 0 Å². The van der Waals surface area contributed by atoms with Crippen molar-refractivity contribution in [2.24, 2.45) is 0 Å². The highest BCUT2D eigenvalue weighted by molar-refractivity contribution is 6.30. The number of halogens is 1. The molecule has 0 saturated carbocycles. The summed E-state index contributed by atoms with van der Waals surface area (Å²) in [6, 6.07) is 3.64. The molecule has 2 rings (SSSR count). The van der Waals surface area contributed by atoms with Crippen LogP contribution < -0.4 is 4.74 Å². The largest absolute Gasteiger partial charge is 0.469 e. The van der Waals surface area contributed by atoms with E-state index in [9.17, 15) is 0 Å². The molecule has 2 aromatic heterocycles. The number of hydrogen-bond donors (Lipinski definition) is 0. The Morgan fingerprint density at radius 1 is 1.47 bits per heavy atom. The molecule has 0 saturated heterocycles. The van der Waals surface area contributed by atoms with E-state index >= 15 is 0 Å². The molecule has 0 amide bonds. The van der Waals surface area contributed by atoms with Gasteiger partial charge >= 0.3 is 0 Å². The average molecular weight is 225 g/mol. The zero-order chi connectivity index (χ0) is 10.7. The first-order chi connectivity index (χ1) is 7.27. The van der Waals surface area contributed by atoms with Crippen LogP contribution in [0.5, 0.6) is 5.88 Å². The molecule has 0 aromatic carbocycles. The summed E-state index contributed by atoms with van der Waals surface area (Å²) in [6.07, 6.45) is 2.96. The van der Waals surface area contributed by atoms with Gasteiger partial charge in [0.05, 0.1) is 6.26 Å². The second kappa shape index (κ2) is 4.31. The molecule has 5 heteroatoms. The quantitative estimate of drug-likeness (QED) is 0.752. The van der Waals surface area contributed by atoms with Gasteiger partial charge in [0.15, 0.2) is 0 Å². The Morgan fingerprint density at radius 3 is 3.07 bits per heavy atom. The molecule has 0 bridgehead atoms. The highest BCUT2D eigenvalue weighted by Gasteiger charge is 2.06. The number of furan rings is 1. The molecule has 0 atom stereocenters. The summed E-state index contributed by atoms with van der Waals surface area (Å²) in [5, 5.41) is 0.402. The van der Waals surface area contributed by atoms with Crippen molar-refractivity contribution in [3.8, 4) is 5.88 Å². The molecule has 15 heavy (non-hydrogen) atoms. The fourth-order valence-electron chi connectivity index (χ4n) is 1.09. The van der Waals surface area contributed by atoms with Gasteiger partial charge in [-0.1, -0.05) is 11.6 Å². The van der Waals surface area contributed by atoms with E-state index < -0.39 is 0 Å². The van der Waals surface area contributed by atoms with E-state index in [4.69, 9.17) is 20.8 Å². The Labute approximate surface area is 91.9 Å². The summed E-state index contributed by atoms with van der Waals surface area (Å²) < 4.78 is 10.6. The van der Waals surface area contributed by atoms with Gasteiger partial charge in [-0.2, -0.15) is 0 Å². The molecule has 0 spiro atoms. The third-order valence-corrected chi connectivity index (χ3v) is 2.29. The molecule has 0 aliphatic rings. The van der Waals surface area contributed by atoms with Crippen LogP contribution in [-0.4, -0.2) is 9.97 Å². The van der Waals surface area contributed by atoms with Crippen molar-refractivity contribution in [2.75, 3.05) is 0 Å². The predicted octanol–water partition coefficient (Wildman–Crippen LogP) is 2.61. The normalized spacial score (nSPS) is 10.3. The van der Waals surface area contributed by atoms with Crippen molar-refractivity contribution < 1.29 is 9.15 Å². The number of hydrogen-bond acceptors (Lipinski definition) is 4. The average Bonchev–Trinajstić information content (AvgIpc) is 2.73. The first kappa shape index (κ1) is 9.98. The van der Waals surface area contributed by atoms with E-state index in [1.807, 2.05) is 6.07 Å². The third kappa shape index (κ3) is 2.27. The topological polar surface area (TPSA) is 48.2 Å². The SMILES string of the molecule is Cc1c(Cl)ncnc1OCc1ccco1. The maximum absolute atomic E-state index is 5.82. The predicted molar refractivity (Wildman–Crippen MR) is 54.8 cm³/mol. The van der Waals surface area contributed by atoms with Gasteiger partial charge in [-0.25, -0.2) is 9.97 Å². The first-order valence-corrected chi connectivity index (χ1v) is 4.77. The van der Waals surface area contributed by atoms with Crippen LogP contribution in [0.15, 0.2) is 29.1 Å². The smallest absolute Gasteiger partial charge is 0.221 e. The minimum Gasteiger partial charge on any atom is -0.469 e. The van der Waals surface area contributed by atoms with Crippen molar-refractivity contribution in [1.29, 1.82) is 0 Å². The van der Waals surface area contributed by atoms with Crippen LogP contribution in [0, 0.1) is 6.92 Å². The van der Waals surface area contributed by atoms with Crippen LogP contribution in [0.4, 0.5) is 0 Å². The van der Waals surface area contributed by atoms with Crippen molar-refractivity contribution in [1.82, 2.24) is 9.97 Å². The van der Waals surface area contributed by atoms with Gasteiger partial charge < -0.3 is 9.15 Å². The maximum atomic E-state index is 5.82. The van der Waals surface area contributed by atoms with E-state index in [-0.39, 0.29) is 0 Å². The summed E-state index contributed by atoms with van der Waals surface area (Å²) in [7, 11) is 0. The van der Waals surface area contributed by atoms with E-state index in [0.717, 1.165) is 11.3 Å². The molecule has 0 fully saturated rings. The van der Waals surface area contributed by atoms with Crippen LogP contribution >= 0.6 is 11.6 Å². The maximum Gasteiger partial charge on any atom is 0.221 e. The van der Waals surface area contributed by atoms with Crippen molar-refractivity contribution in [3.63, 3.8) is 0 Å². The summed E-state index contributed by atoms with van der Waals surface area (Å²) in [5.74, 6) is 1.22. The van der Waals surface area contributed by atoms with E-state index in [1.165, 1.54) is 6.33 Å². The summed E-state index contributed by atoms with van der Waals surface area (Å²) in [5.41, 5.74) is 0.728. The van der Waals surface area contributed by atoms with Gasteiger partial charge in [0.2, 0.25) is 5.88 Å². The molecule has 0 radical (unpaired) electrons. The van der Waals surface area contributed by atoms with Gasteiger partial charge in [0, 0.05) is 5.56 Å². The molecule has 4 nitrogen and oxygen atoms in total. The molecule has 0 unspecified atom stereocenters. The summed E-state index contributed by atoms with van der Waals surface area (Å²) in [6.45, 7) is 2.14. The second-order valence-electron chi connectivity index (χ2n) is 2.96. The van der Waals surface area contributed by atoms with Crippen molar-refractivity contribution >= 4 is 11.6 Å². The monoisotopic (exact) mass is 224 g/mol. The van der Waals surface area contributed by atoms with Crippen molar-refractivity contribution in [2.45, 2.75) is 13.5 Å². The highest BCUT2D eigenvalue weighted by atomic mass is 35.5. The number of aromatic nitrogens is 2. The Hall–Kier alpha value is -1.55. The highest BCUT2D eigenvalue weighted by Crippen LogP contribution is 2.20. The molecule has 0 aliphatic heterocycles. The lowest BCUT2D eigenvalue weighted by atomic mass is 10.4. The lowest BCUT2D eigenvalue weighted by molar-refractivity contribution is 0.258. The van der Waals surface area contributed by atoms with Crippen LogP contribution in [-0.2, 0) is 6.61 Å². The Bertz CT molecular complexity index is 443. The summed E-state index contributed by atoms with van der Waals surface area (Å²) in [4.78, 5) is 7.81. The molecule has 78 valence electrons. The lowest BCUT2D eigenvalue weighted by Crippen LogP contribution is -1.99. The fraction of sp³-hybridized carbons (Fsp3) is 0.200. The molecule has 2 heterocycles. The van der Waals surface area contributed by atoms with Crippen LogP contribution in [0.25, 0.3) is 0 Å². The van der Waals surface area contributed by atoms with Crippen molar-refractivity contribution in [3.05, 3.63) is 41.2 Å². The third-order valence-electron chi connectivity index (χ3n) is 1.91. The van der Waals surface area contributed by atoms with Crippen LogP contribution in [0.2, 0.25) is 5.15 Å². The number of nitrogens with zero attached hydrogens (tertiary/aromatic N) is 2. The minimum absolute atomic E-state index is 0.335. The molecule has 2 aromatic rings. The summed E-state index contributed by atoms with van der Waals surface area (Å²) >= 11 is 5.82. The van der Waals surface area contributed by atoms with Gasteiger partial charge in [0.25, 0.3) is 0 Å². The standard InChI is InChI=1S/C10H9ClN2O2/c1-7-9(11)12-6-13-10(7)15-5-8-3-2-4-14-8/h2-4,6H,5H2,1H3. The zero-order valence-corrected chi connectivity index (χ0v) is 8.86. The Morgan fingerprint density at radius 2 is 2.33 bits per heavy atom.